The van der Waals surface area contributed by atoms with Gasteiger partial charge in [-0.25, -0.2) is 9.13 Å². The summed E-state index contributed by atoms with van der Waals surface area (Å²) in [7, 11) is -9.98. The summed E-state index contributed by atoms with van der Waals surface area (Å²) >= 11 is 0. The van der Waals surface area contributed by atoms with Crippen LogP contribution in [0, 0.1) is 0 Å². The molecule has 0 rings (SSSR count). The summed E-state index contributed by atoms with van der Waals surface area (Å²) in [6, 6.07) is 0. The zero-order chi connectivity index (χ0) is 73.2. The van der Waals surface area contributed by atoms with Crippen molar-refractivity contribution in [3.63, 3.8) is 0 Å². The topological polar surface area (TPSA) is 237 Å². The molecular formula is C81H140O17P2. The van der Waals surface area contributed by atoms with Gasteiger partial charge in [0.15, 0.2) is 12.2 Å². The second kappa shape index (κ2) is 73.0. The van der Waals surface area contributed by atoms with Gasteiger partial charge in [0.05, 0.1) is 32.8 Å². The first-order valence-corrected chi connectivity index (χ1v) is 42.1. The Balaban J connectivity index is 5.39. The van der Waals surface area contributed by atoms with Crippen LogP contribution in [0.4, 0.5) is 0 Å². The molecule has 0 aliphatic heterocycles. The van der Waals surface area contributed by atoms with E-state index in [1.54, 1.807) is 6.08 Å². The Hall–Kier alpha value is -4.28. The van der Waals surface area contributed by atoms with Crippen LogP contribution in [0.15, 0.2) is 109 Å². The number of carbonyl (C=O) groups excluding carboxylic acids is 4. The van der Waals surface area contributed by atoms with Gasteiger partial charge in [0, 0.05) is 19.3 Å². The highest BCUT2D eigenvalue weighted by Crippen LogP contribution is 2.45. The maximum Gasteiger partial charge on any atom is 0.472 e. The van der Waals surface area contributed by atoms with Crippen LogP contribution in [-0.4, -0.2) is 96.7 Å². The molecule has 3 N–H and O–H groups in total. The molecule has 5 unspecified atom stereocenters. The van der Waals surface area contributed by atoms with E-state index in [2.05, 4.69) is 113 Å². The maximum atomic E-state index is 13.1. The number of esters is 4. The largest absolute Gasteiger partial charge is 0.472 e. The Morgan fingerprint density at radius 1 is 0.300 bits per heavy atom. The molecular weight excluding hydrogens is 1310 g/mol. The number of ether oxygens (including phenoxy) is 4. The molecule has 0 saturated heterocycles. The molecule has 0 heterocycles. The van der Waals surface area contributed by atoms with Crippen molar-refractivity contribution in [2.24, 2.45) is 0 Å². The summed E-state index contributed by atoms with van der Waals surface area (Å²) in [6.07, 6.45) is 78.2. The van der Waals surface area contributed by atoms with Crippen LogP contribution in [0.5, 0.6) is 0 Å². The average Bonchev–Trinajstić information content (AvgIpc) is 0.945. The third-order valence-corrected chi connectivity index (χ3v) is 18.2. The summed E-state index contributed by atoms with van der Waals surface area (Å²) in [5, 5.41) is 10.6. The number of hydrogen-bond acceptors (Lipinski definition) is 15. The van der Waals surface area contributed by atoms with Crippen molar-refractivity contribution >= 4 is 39.5 Å². The number of unbranched alkanes of at least 4 members (excludes halogenated alkanes) is 30. The minimum Gasteiger partial charge on any atom is -0.462 e. The minimum atomic E-state index is -4.99. The lowest BCUT2D eigenvalue weighted by Gasteiger charge is -2.21. The van der Waals surface area contributed by atoms with Gasteiger partial charge in [0.1, 0.15) is 19.3 Å². The summed E-state index contributed by atoms with van der Waals surface area (Å²) in [4.78, 5) is 72.8. The van der Waals surface area contributed by atoms with E-state index < -0.39 is 97.5 Å². The molecule has 0 amide bonds. The van der Waals surface area contributed by atoms with Gasteiger partial charge in [-0.1, -0.05) is 291 Å². The highest BCUT2D eigenvalue weighted by Gasteiger charge is 2.30. The van der Waals surface area contributed by atoms with Crippen LogP contribution in [0.25, 0.3) is 0 Å². The third-order valence-electron chi connectivity index (χ3n) is 16.3. The Morgan fingerprint density at radius 2 is 0.560 bits per heavy atom. The van der Waals surface area contributed by atoms with Crippen molar-refractivity contribution in [2.75, 3.05) is 39.6 Å². The third kappa shape index (κ3) is 72.1. The zero-order valence-electron chi connectivity index (χ0n) is 62.8. The first-order chi connectivity index (χ1) is 48.7. The lowest BCUT2D eigenvalue weighted by molar-refractivity contribution is -0.161. The van der Waals surface area contributed by atoms with Crippen LogP contribution >= 0.6 is 15.6 Å². The maximum absolute atomic E-state index is 13.1. The standard InChI is InChI=1S/C81H140O17P2/c1-5-9-13-17-21-25-29-32-35-36-37-38-41-43-47-50-54-58-62-66-79(84)92-72-77(98-81(86)68-64-60-56-52-48-44-40-34-31-27-23-19-15-11-7-3)74-96-100(89,90)94-70-75(82)69-93-99(87,88)95-73-76(97-80(85)67-63-59-55-51-45-28-24-20-16-12-8-4)71-91-78(83)65-61-57-53-49-46-42-39-33-30-26-22-18-14-10-6-2/h10,14,21-22,25-26,32-35,37-40,46,49,57,61,75-77,82H,5-9,11-13,15-20,23-24,27-31,36,41-45,47-48,50-56,58-60,62-74H2,1-4H3,(H,87,88)(H,89,90)/b14-10-,25-21-,26-22-,35-32-,38-37-,39-33-,40-34-,49-46-,61-57-. The van der Waals surface area contributed by atoms with Gasteiger partial charge in [-0.3, -0.25) is 37.3 Å². The van der Waals surface area contributed by atoms with Gasteiger partial charge >= 0.3 is 39.5 Å². The van der Waals surface area contributed by atoms with E-state index in [9.17, 15) is 43.2 Å². The number of aliphatic hydroxyl groups excluding tert-OH is 1. The molecule has 19 heteroatoms. The van der Waals surface area contributed by atoms with E-state index in [-0.39, 0.29) is 25.7 Å². The van der Waals surface area contributed by atoms with Gasteiger partial charge in [0.2, 0.25) is 0 Å². The van der Waals surface area contributed by atoms with E-state index in [0.29, 0.717) is 25.7 Å². The lowest BCUT2D eigenvalue weighted by atomic mass is 10.1. The molecule has 100 heavy (non-hydrogen) atoms. The molecule has 0 fully saturated rings. The van der Waals surface area contributed by atoms with Crippen LogP contribution < -0.4 is 0 Å². The molecule has 0 bridgehead atoms. The molecule has 0 aliphatic rings. The summed E-state index contributed by atoms with van der Waals surface area (Å²) in [6.45, 7) is 4.60. The second-order valence-electron chi connectivity index (χ2n) is 25.9. The summed E-state index contributed by atoms with van der Waals surface area (Å²) in [5.74, 6) is -2.33. The smallest absolute Gasteiger partial charge is 0.462 e. The van der Waals surface area contributed by atoms with Crippen molar-refractivity contribution in [2.45, 2.75) is 341 Å². The predicted octanol–water partition coefficient (Wildman–Crippen LogP) is 22.6. The highest BCUT2D eigenvalue weighted by atomic mass is 31.2. The van der Waals surface area contributed by atoms with E-state index in [0.717, 1.165) is 148 Å². The number of phosphoric acid groups is 2. The number of carbonyl (C=O) groups is 4. The fourth-order valence-electron chi connectivity index (χ4n) is 10.3. The SMILES string of the molecule is CC/C=C\C/C=C\C/C=C\C/C=C\C/C=C\CC(=O)OCC(COP(=O)(O)OCC(O)COP(=O)(O)OCC(COC(=O)CCCCCCCC/C=C\C/C=C\C/C=C\CCCCC)OC(=O)CCCCCCC/C=C\CCCCCCCC)OC(=O)CCCCCCCCCCCCC. The Kier molecular flexibility index (Phi) is 69.9. The number of hydrogen-bond donors (Lipinski definition) is 3. The fraction of sp³-hybridized carbons (Fsp3) is 0.728. The first-order valence-electron chi connectivity index (χ1n) is 39.1. The molecule has 0 radical (unpaired) electrons. The van der Waals surface area contributed by atoms with Crippen molar-refractivity contribution in [3.05, 3.63) is 109 Å². The normalized spacial score (nSPS) is 14.5. The molecule has 0 spiro atoms. The number of rotatable bonds is 73. The predicted molar refractivity (Wildman–Crippen MR) is 408 cm³/mol. The van der Waals surface area contributed by atoms with Crippen molar-refractivity contribution in [1.82, 2.24) is 0 Å². The van der Waals surface area contributed by atoms with Gasteiger partial charge in [-0.05, 0) is 116 Å². The average molecular weight is 1450 g/mol. The highest BCUT2D eigenvalue weighted by molar-refractivity contribution is 7.47. The number of aliphatic hydroxyl groups is 1. The van der Waals surface area contributed by atoms with E-state index in [1.165, 1.54) is 96.3 Å². The van der Waals surface area contributed by atoms with Gasteiger partial charge < -0.3 is 33.8 Å². The van der Waals surface area contributed by atoms with E-state index >= 15 is 0 Å². The van der Waals surface area contributed by atoms with Crippen LogP contribution in [0.1, 0.15) is 323 Å². The van der Waals surface area contributed by atoms with E-state index in [4.69, 9.17) is 37.0 Å². The number of phosphoric ester groups is 2. The van der Waals surface area contributed by atoms with Gasteiger partial charge in [-0.2, -0.15) is 0 Å². The fourth-order valence-corrected chi connectivity index (χ4v) is 11.9. The quantitative estimate of drug-likeness (QED) is 0.0169. The monoisotopic (exact) mass is 1450 g/mol. The van der Waals surface area contributed by atoms with Crippen LogP contribution in [0.3, 0.4) is 0 Å². The minimum absolute atomic E-state index is 0.0698. The van der Waals surface area contributed by atoms with Crippen molar-refractivity contribution in [3.8, 4) is 0 Å². The molecule has 0 aliphatic carbocycles. The Morgan fingerprint density at radius 3 is 0.920 bits per heavy atom. The summed E-state index contributed by atoms with van der Waals surface area (Å²) < 4.78 is 68.4. The Labute approximate surface area is 607 Å². The lowest BCUT2D eigenvalue weighted by Crippen LogP contribution is -2.30. The van der Waals surface area contributed by atoms with Crippen molar-refractivity contribution in [1.29, 1.82) is 0 Å². The molecule has 576 valence electrons. The first kappa shape index (κ1) is 95.7. The van der Waals surface area contributed by atoms with Gasteiger partial charge in [0.25, 0.3) is 0 Å². The Bertz CT molecular complexity index is 2320. The van der Waals surface area contributed by atoms with Crippen LogP contribution in [0.2, 0.25) is 0 Å². The molecule has 0 aromatic carbocycles. The molecule has 5 atom stereocenters. The molecule has 0 aromatic rings. The second-order valence-corrected chi connectivity index (χ2v) is 28.8. The van der Waals surface area contributed by atoms with E-state index in [1.807, 2.05) is 18.2 Å². The van der Waals surface area contributed by atoms with Crippen molar-refractivity contribution < 1.29 is 80.2 Å². The zero-order valence-corrected chi connectivity index (χ0v) is 64.6. The number of allylic oxidation sites excluding steroid dienone is 17. The van der Waals surface area contributed by atoms with Crippen LogP contribution in [-0.2, 0) is 65.4 Å². The molecule has 0 aromatic heterocycles. The molecule has 17 nitrogen and oxygen atoms in total. The van der Waals surface area contributed by atoms with Gasteiger partial charge in [-0.15, -0.1) is 0 Å². The summed E-state index contributed by atoms with van der Waals surface area (Å²) in [5.41, 5.74) is 0. The molecule has 0 saturated carbocycles.